The lowest BCUT2D eigenvalue weighted by atomic mass is 10.1. The fourth-order valence-corrected chi connectivity index (χ4v) is 8.25. The molecule has 0 spiro atoms. The summed E-state index contributed by atoms with van der Waals surface area (Å²) in [7, 11) is 0.690. The average Bonchev–Trinajstić information content (AvgIpc) is 3.76. The van der Waals surface area contributed by atoms with Crippen molar-refractivity contribution in [3.05, 3.63) is 207 Å². The van der Waals surface area contributed by atoms with Crippen molar-refractivity contribution in [3.63, 3.8) is 0 Å². The minimum atomic E-state index is 0.604. The molecular formula is C48H33BBr2IN2O2. The second kappa shape index (κ2) is 17.3. The molecular weight excluding hydrogens is 934 g/mol. The number of fused-ring (bicyclic) bond motifs is 6. The predicted octanol–water partition coefficient (Wildman–Crippen LogP) is 14.0. The summed E-state index contributed by atoms with van der Waals surface area (Å²) in [5.41, 5.74) is 9.48. The highest BCUT2D eigenvalue weighted by atomic mass is 127. The molecule has 0 aliphatic carbocycles. The fourth-order valence-electron chi connectivity index (χ4n) is 7.06. The van der Waals surface area contributed by atoms with Gasteiger partial charge in [0.15, 0.2) is 0 Å². The van der Waals surface area contributed by atoms with E-state index < -0.39 is 0 Å². The molecule has 4 nitrogen and oxygen atoms in total. The second-order valence-corrected chi connectivity index (χ2v) is 15.8. The molecule has 1 radical (unpaired) electrons. The maximum absolute atomic E-state index is 8.70. The van der Waals surface area contributed by atoms with Gasteiger partial charge < -0.3 is 18.8 Å². The highest BCUT2D eigenvalue weighted by Crippen LogP contribution is 2.35. The molecule has 8 heteroatoms. The number of para-hydroxylation sites is 4. The first-order chi connectivity index (χ1) is 27.5. The first kappa shape index (κ1) is 37.8. The first-order valence-electron chi connectivity index (χ1n) is 18.0. The van der Waals surface area contributed by atoms with E-state index in [2.05, 4.69) is 209 Å². The van der Waals surface area contributed by atoms with Gasteiger partial charge in [0.25, 0.3) is 0 Å². The van der Waals surface area contributed by atoms with E-state index in [1.807, 2.05) is 48.5 Å². The van der Waals surface area contributed by atoms with Crippen molar-refractivity contribution < 1.29 is 9.68 Å². The van der Waals surface area contributed by atoms with Crippen molar-refractivity contribution in [2.75, 3.05) is 0 Å². The Morgan fingerprint density at radius 1 is 0.429 bits per heavy atom. The standard InChI is InChI=1S/C24H16BrN.C18H13BNO2.C6H4BrI/c25-22-10-4-1-7-19(22)17-13-15-18(16-14-17)26-23-11-5-2-8-20(23)21-9-3-6-12-24(21)26;21-19-22-14-11-9-13(10-12-14)20-17-7-3-1-5-15(17)16-6-2-4-8-18(16)20;7-5-3-1-2-4-6(5)8/h1-16H;1-12,21H;1-4H. The van der Waals surface area contributed by atoms with Crippen molar-refractivity contribution in [1.82, 2.24) is 9.13 Å². The molecule has 56 heavy (non-hydrogen) atoms. The van der Waals surface area contributed by atoms with Gasteiger partial charge in [0.05, 0.1) is 22.1 Å². The normalized spacial score (nSPS) is 10.9. The summed E-state index contributed by atoms with van der Waals surface area (Å²) in [6.07, 6.45) is 0. The lowest BCUT2D eigenvalue weighted by Gasteiger charge is -2.10. The van der Waals surface area contributed by atoms with E-state index in [4.69, 9.17) is 9.68 Å². The molecule has 10 aromatic rings. The van der Waals surface area contributed by atoms with Gasteiger partial charge in [-0.15, -0.1) is 0 Å². The number of aromatic nitrogens is 2. The van der Waals surface area contributed by atoms with Crippen LogP contribution in [0.4, 0.5) is 0 Å². The molecule has 0 unspecified atom stereocenters. The zero-order valence-corrected chi connectivity index (χ0v) is 35.3. The Labute approximate surface area is 356 Å². The Morgan fingerprint density at radius 2 is 0.804 bits per heavy atom. The molecule has 0 saturated heterocycles. The molecule has 1 N–H and O–H groups in total. The van der Waals surface area contributed by atoms with Crippen LogP contribution < -0.4 is 4.65 Å². The lowest BCUT2D eigenvalue weighted by Crippen LogP contribution is -2.00. The number of benzene rings is 8. The zero-order chi connectivity index (χ0) is 38.4. The van der Waals surface area contributed by atoms with Gasteiger partial charge in [-0.2, -0.15) is 0 Å². The number of halogens is 3. The van der Waals surface area contributed by atoms with E-state index >= 15 is 0 Å². The maximum Gasteiger partial charge on any atom is 0.569 e. The summed E-state index contributed by atoms with van der Waals surface area (Å²) in [6.45, 7) is 0. The largest absolute Gasteiger partial charge is 0.569 e. The molecule has 0 fully saturated rings. The second-order valence-electron chi connectivity index (χ2n) is 12.9. The van der Waals surface area contributed by atoms with Crippen LogP contribution in [0.3, 0.4) is 0 Å². The summed E-state index contributed by atoms with van der Waals surface area (Å²) in [4.78, 5) is 0. The third-order valence-corrected chi connectivity index (χ3v) is 12.6. The summed E-state index contributed by atoms with van der Waals surface area (Å²) in [5.74, 6) is 0.604. The van der Waals surface area contributed by atoms with Crippen molar-refractivity contribution >= 4 is 106 Å². The fraction of sp³-hybridized carbons (Fsp3) is 0. The van der Waals surface area contributed by atoms with Crippen LogP contribution in [0, 0.1) is 3.57 Å². The zero-order valence-electron chi connectivity index (χ0n) is 29.9. The minimum Gasteiger partial charge on any atom is -0.537 e. The smallest absolute Gasteiger partial charge is 0.537 e. The van der Waals surface area contributed by atoms with Crippen LogP contribution in [0.15, 0.2) is 203 Å². The number of hydrogen-bond donors (Lipinski definition) is 1. The molecule has 8 aromatic carbocycles. The third-order valence-electron chi connectivity index (χ3n) is 9.58. The van der Waals surface area contributed by atoms with Crippen LogP contribution >= 0.6 is 54.5 Å². The number of nitrogens with zero attached hydrogens (tertiary/aromatic N) is 2. The average molecular weight is 967 g/mol. The molecule has 0 aliphatic rings. The summed E-state index contributed by atoms with van der Waals surface area (Å²) in [5, 5.41) is 13.8. The maximum atomic E-state index is 8.70. The molecule has 0 bridgehead atoms. The van der Waals surface area contributed by atoms with Crippen LogP contribution in [-0.2, 0) is 0 Å². The Bertz CT molecular complexity index is 2800. The van der Waals surface area contributed by atoms with E-state index in [9.17, 15) is 0 Å². The number of rotatable bonds is 5. The molecule has 0 amide bonds. The van der Waals surface area contributed by atoms with Gasteiger partial charge in [-0.05, 0) is 129 Å². The Kier molecular flexibility index (Phi) is 11.7. The van der Waals surface area contributed by atoms with Crippen LogP contribution in [-0.4, -0.2) is 21.8 Å². The lowest BCUT2D eigenvalue weighted by molar-refractivity contribution is 0.454. The van der Waals surface area contributed by atoms with E-state index in [1.54, 1.807) is 0 Å². The van der Waals surface area contributed by atoms with Crippen molar-refractivity contribution in [2.45, 2.75) is 0 Å². The van der Waals surface area contributed by atoms with E-state index in [0.29, 0.717) is 13.4 Å². The molecule has 0 atom stereocenters. The molecule has 0 aliphatic heterocycles. The van der Waals surface area contributed by atoms with Crippen LogP contribution in [0.1, 0.15) is 0 Å². The van der Waals surface area contributed by atoms with Crippen molar-refractivity contribution in [3.8, 4) is 28.3 Å². The summed E-state index contributed by atoms with van der Waals surface area (Å²) in [6, 6.07) is 66.9. The highest BCUT2D eigenvalue weighted by Gasteiger charge is 2.13. The van der Waals surface area contributed by atoms with Gasteiger partial charge in [0.2, 0.25) is 0 Å². The minimum absolute atomic E-state index is 0.604. The van der Waals surface area contributed by atoms with Crippen LogP contribution in [0.25, 0.3) is 66.1 Å². The molecule has 0 saturated carbocycles. The van der Waals surface area contributed by atoms with Gasteiger partial charge in [-0.25, -0.2) is 0 Å². The van der Waals surface area contributed by atoms with Crippen LogP contribution in [0.2, 0.25) is 0 Å². The van der Waals surface area contributed by atoms with Crippen molar-refractivity contribution in [2.24, 2.45) is 0 Å². The summed E-state index contributed by atoms with van der Waals surface area (Å²) < 4.78 is 13.1. The SMILES string of the molecule is Brc1ccccc1-c1ccc(-n2c3ccccc3c3ccccc32)cc1.Brc1ccccc1I.O[B]Oc1ccc(-n2c3ccccc3c3ccccc32)cc1. The third kappa shape index (κ3) is 7.80. The molecule has 2 heterocycles. The van der Waals surface area contributed by atoms with E-state index in [1.165, 1.54) is 68.5 Å². The predicted molar refractivity (Wildman–Crippen MR) is 250 cm³/mol. The van der Waals surface area contributed by atoms with Gasteiger partial charge >= 0.3 is 7.69 Å². The first-order valence-corrected chi connectivity index (χ1v) is 20.6. The Hall–Kier alpha value is -5.13. The summed E-state index contributed by atoms with van der Waals surface area (Å²) >= 11 is 9.32. The van der Waals surface area contributed by atoms with Gasteiger partial charge in [0, 0.05) is 45.4 Å². The van der Waals surface area contributed by atoms with Crippen molar-refractivity contribution in [1.29, 1.82) is 0 Å². The molecule has 2 aromatic heterocycles. The van der Waals surface area contributed by atoms with Gasteiger partial charge in [-0.1, -0.05) is 131 Å². The molecule has 10 rings (SSSR count). The number of hydrogen-bond acceptors (Lipinski definition) is 2. The van der Waals surface area contributed by atoms with Crippen LogP contribution in [0.5, 0.6) is 5.75 Å². The van der Waals surface area contributed by atoms with E-state index in [0.717, 1.165) is 10.2 Å². The Balaban J connectivity index is 0.000000133. The Morgan fingerprint density at radius 3 is 1.20 bits per heavy atom. The topological polar surface area (TPSA) is 39.3 Å². The monoisotopic (exact) mass is 965 g/mol. The quantitative estimate of drug-likeness (QED) is 0.138. The highest BCUT2D eigenvalue weighted by molar-refractivity contribution is 14.1. The van der Waals surface area contributed by atoms with Gasteiger partial charge in [-0.3, -0.25) is 0 Å². The van der Waals surface area contributed by atoms with Gasteiger partial charge in [0.1, 0.15) is 5.75 Å². The molecule has 271 valence electrons. The van der Waals surface area contributed by atoms with E-state index in [-0.39, 0.29) is 0 Å².